The van der Waals surface area contributed by atoms with Gasteiger partial charge in [0, 0.05) is 26.7 Å². The van der Waals surface area contributed by atoms with Crippen LogP contribution in [0.5, 0.6) is 0 Å². The Bertz CT molecular complexity index is 350. The van der Waals surface area contributed by atoms with Gasteiger partial charge in [0.2, 0.25) is 5.91 Å². The van der Waals surface area contributed by atoms with Gasteiger partial charge in [-0.2, -0.15) is 0 Å². The third-order valence-electron chi connectivity index (χ3n) is 4.32. The molecule has 1 fully saturated rings. The third kappa shape index (κ3) is 7.11. The largest absolute Gasteiger partial charge is 0.383 e. The minimum atomic E-state index is -0.0523. The van der Waals surface area contributed by atoms with E-state index in [9.17, 15) is 4.79 Å². The van der Waals surface area contributed by atoms with Gasteiger partial charge in [0.1, 0.15) is 0 Å². The van der Waals surface area contributed by atoms with Gasteiger partial charge in [-0.15, -0.1) is 0 Å². The van der Waals surface area contributed by atoms with Gasteiger partial charge in [-0.1, -0.05) is 13.8 Å². The number of methoxy groups -OCH3 is 1. The Morgan fingerprint density at radius 2 is 1.91 bits per heavy atom. The molecule has 128 valence electrons. The molecule has 0 radical (unpaired) electrons. The quantitative estimate of drug-likeness (QED) is 0.374. The molecule has 0 atom stereocenters. The van der Waals surface area contributed by atoms with E-state index in [2.05, 4.69) is 34.8 Å². The monoisotopic (exact) mass is 312 g/mol. The van der Waals surface area contributed by atoms with Crippen molar-refractivity contribution in [2.75, 3.05) is 33.9 Å². The zero-order chi connectivity index (χ0) is 16.4. The summed E-state index contributed by atoms with van der Waals surface area (Å²) in [5, 5.41) is 9.26. The zero-order valence-corrected chi connectivity index (χ0v) is 14.4. The molecular formula is C16H32N4O2. The summed E-state index contributed by atoms with van der Waals surface area (Å²) in [6.45, 7) is 5.90. The van der Waals surface area contributed by atoms with Crippen LogP contribution in [0.15, 0.2) is 4.99 Å². The minimum Gasteiger partial charge on any atom is -0.383 e. The molecule has 3 N–H and O–H groups in total. The van der Waals surface area contributed by atoms with Gasteiger partial charge < -0.3 is 20.7 Å². The van der Waals surface area contributed by atoms with E-state index >= 15 is 0 Å². The molecule has 1 amide bonds. The highest BCUT2D eigenvalue weighted by atomic mass is 16.5. The summed E-state index contributed by atoms with van der Waals surface area (Å²) in [6.07, 6.45) is 4.88. The highest BCUT2D eigenvalue weighted by molar-refractivity contribution is 5.86. The average molecular weight is 312 g/mol. The second-order valence-corrected chi connectivity index (χ2v) is 6.27. The van der Waals surface area contributed by atoms with Gasteiger partial charge in [0.05, 0.1) is 13.2 Å². The highest BCUT2D eigenvalue weighted by Crippen LogP contribution is 2.29. The van der Waals surface area contributed by atoms with Crippen LogP contribution >= 0.6 is 0 Å². The number of hydrogen-bond donors (Lipinski definition) is 3. The lowest BCUT2D eigenvalue weighted by molar-refractivity contribution is -0.120. The first-order valence-electron chi connectivity index (χ1n) is 8.29. The van der Waals surface area contributed by atoms with E-state index in [1.165, 1.54) is 25.7 Å². The van der Waals surface area contributed by atoms with Crippen molar-refractivity contribution in [1.82, 2.24) is 16.0 Å². The third-order valence-corrected chi connectivity index (χ3v) is 4.32. The minimum absolute atomic E-state index is 0.0523. The highest BCUT2D eigenvalue weighted by Gasteiger charge is 2.23. The summed E-state index contributed by atoms with van der Waals surface area (Å²) < 4.78 is 4.89. The maximum absolute atomic E-state index is 11.6. The van der Waals surface area contributed by atoms with E-state index < -0.39 is 0 Å². The number of amides is 1. The molecule has 0 heterocycles. The van der Waals surface area contributed by atoms with E-state index in [0.717, 1.165) is 11.8 Å². The number of carbonyl (C=O) groups excluding carboxylic acids is 1. The van der Waals surface area contributed by atoms with Crippen molar-refractivity contribution in [2.45, 2.75) is 45.6 Å². The Morgan fingerprint density at radius 3 is 2.45 bits per heavy atom. The molecular weight excluding hydrogens is 280 g/mol. The number of nitrogens with one attached hydrogen (secondary N) is 3. The van der Waals surface area contributed by atoms with Gasteiger partial charge in [-0.05, 0) is 37.5 Å². The van der Waals surface area contributed by atoms with Crippen molar-refractivity contribution in [3.63, 3.8) is 0 Å². The van der Waals surface area contributed by atoms with E-state index in [1.54, 1.807) is 14.2 Å². The van der Waals surface area contributed by atoms with Crippen LogP contribution in [0.25, 0.3) is 0 Å². The fourth-order valence-corrected chi connectivity index (χ4v) is 2.84. The smallest absolute Gasteiger partial charge is 0.239 e. The predicted octanol–water partition coefficient (Wildman–Crippen LogP) is 1.13. The van der Waals surface area contributed by atoms with Crippen molar-refractivity contribution in [3.05, 3.63) is 0 Å². The number of nitrogens with zero attached hydrogens (tertiary/aromatic N) is 1. The molecule has 0 aromatic rings. The van der Waals surface area contributed by atoms with Crippen molar-refractivity contribution >= 4 is 11.9 Å². The molecule has 1 aliphatic rings. The number of rotatable bonds is 7. The molecule has 22 heavy (non-hydrogen) atoms. The maximum atomic E-state index is 11.6. The Morgan fingerprint density at radius 1 is 1.23 bits per heavy atom. The summed E-state index contributed by atoms with van der Waals surface area (Å²) in [5.41, 5.74) is 0. The molecule has 0 aromatic carbocycles. The first-order valence-corrected chi connectivity index (χ1v) is 8.29. The first-order chi connectivity index (χ1) is 10.6. The van der Waals surface area contributed by atoms with Crippen LogP contribution in [0.1, 0.15) is 39.5 Å². The molecule has 0 saturated heterocycles. The second-order valence-electron chi connectivity index (χ2n) is 6.27. The SMILES string of the molecule is CN=C(NCC(=O)NCCOC)NC1CCC(C(C)C)CC1. The first kappa shape index (κ1) is 18.7. The summed E-state index contributed by atoms with van der Waals surface area (Å²) >= 11 is 0. The van der Waals surface area contributed by atoms with Gasteiger partial charge in [0.15, 0.2) is 5.96 Å². The van der Waals surface area contributed by atoms with Crippen molar-refractivity contribution < 1.29 is 9.53 Å². The fraction of sp³-hybridized carbons (Fsp3) is 0.875. The normalized spacial score (nSPS) is 22.5. The van der Waals surface area contributed by atoms with E-state index in [1.807, 2.05) is 0 Å². The number of carbonyl (C=O) groups is 1. The van der Waals surface area contributed by atoms with Gasteiger partial charge in [-0.3, -0.25) is 9.79 Å². The Balaban J connectivity index is 2.24. The molecule has 0 aliphatic heterocycles. The number of hydrogen-bond acceptors (Lipinski definition) is 3. The van der Waals surface area contributed by atoms with E-state index in [0.29, 0.717) is 25.2 Å². The maximum Gasteiger partial charge on any atom is 0.239 e. The molecule has 1 rings (SSSR count). The summed E-state index contributed by atoms with van der Waals surface area (Å²) in [6, 6.07) is 0.456. The van der Waals surface area contributed by atoms with Crippen LogP contribution in [0, 0.1) is 11.8 Å². The number of ether oxygens (including phenoxy) is 1. The molecule has 0 bridgehead atoms. The van der Waals surface area contributed by atoms with Crippen LogP contribution in [-0.4, -0.2) is 51.8 Å². The fourth-order valence-electron chi connectivity index (χ4n) is 2.84. The lowest BCUT2D eigenvalue weighted by Crippen LogP contribution is -2.48. The molecule has 0 aromatic heterocycles. The topological polar surface area (TPSA) is 74.8 Å². The van der Waals surface area contributed by atoms with Crippen LogP contribution in [0.3, 0.4) is 0 Å². The Kier molecular flexibility index (Phi) is 8.89. The van der Waals surface area contributed by atoms with Crippen LogP contribution in [0.2, 0.25) is 0 Å². The molecule has 6 nitrogen and oxygen atoms in total. The van der Waals surface area contributed by atoms with Gasteiger partial charge >= 0.3 is 0 Å². The van der Waals surface area contributed by atoms with Crippen molar-refractivity contribution in [2.24, 2.45) is 16.8 Å². The number of guanidine groups is 1. The molecule has 0 spiro atoms. The summed E-state index contributed by atoms with van der Waals surface area (Å²) in [7, 11) is 3.35. The van der Waals surface area contributed by atoms with Crippen molar-refractivity contribution in [3.8, 4) is 0 Å². The Labute approximate surface area is 134 Å². The molecule has 6 heteroatoms. The second kappa shape index (κ2) is 10.4. The van der Waals surface area contributed by atoms with Gasteiger partial charge in [-0.25, -0.2) is 0 Å². The standard InChI is InChI=1S/C16H32N4O2/c1-12(2)13-5-7-14(8-6-13)20-16(17-3)19-11-15(21)18-9-10-22-4/h12-14H,5-11H2,1-4H3,(H,18,21)(H2,17,19,20). The van der Waals surface area contributed by atoms with Gasteiger partial charge in [0.25, 0.3) is 0 Å². The van der Waals surface area contributed by atoms with Crippen LogP contribution < -0.4 is 16.0 Å². The lowest BCUT2D eigenvalue weighted by atomic mass is 9.80. The summed E-state index contributed by atoms with van der Waals surface area (Å²) in [5.74, 6) is 2.27. The van der Waals surface area contributed by atoms with Crippen LogP contribution in [0.4, 0.5) is 0 Å². The summed E-state index contributed by atoms with van der Waals surface area (Å²) in [4.78, 5) is 15.8. The number of aliphatic imine (C=N–C) groups is 1. The lowest BCUT2D eigenvalue weighted by Gasteiger charge is -2.32. The van der Waals surface area contributed by atoms with E-state index in [4.69, 9.17) is 4.74 Å². The van der Waals surface area contributed by atoms with E-state index in [-0.39, 0.29) is 12.5 Å². The average Bonchev–Trinajstić information content (AvgIpc) is 2.52. The predicted molar refractivity (Wildman–Crippen MR) is 90.0 cm³/mol. The Hall–Kier alpha value is -1.30. The molecule has 1 saturated carbocycles. The molecule has 0 unspecified atom stereocenters. The van der Waals surface area contributed by atoms with Crippen LogP contribution in [-0.2, 0) is 9.53 Å². The zero-order valence-electron chi connectivity index (χ0n) is 14.4. The molecule has 1 aliphatic carbocycles. The van der Waals surface area contributed by atoms with Crippen molar-refractivity contribution in [1.29, 1.82) is 0 Å².